The van der Waals surface area contributed by atoms with Crippen LogP contribution in [0.1, 0.15) is 33.1 Å². The van der Waals surface area contributed by atoms with E-state index in [1.54, 1.807) is 0 Å². The van der Waals surface area contributed by atoms with Crippen molar-refractivity contribution in [1.82, 2.24) is 5.32 Å². The highest BCUT2D eigenvalue weighted by atomic mass is 16.5. The van der Waals surface area contributed by atoms with Gasteiger partial charge in [0.1, 0.15) is 0 Å². The summed E-state index contributed by atoms with van der Waals surface area (Å²) in [4.78, 5) is 11.4. The van der Waals surface area contributed by atoms with Crippen molar-refractivity contribution in [3.8, 4) is 0 Å². The number of carbonyl (C=O) groups is 1. The maximum absolute atomic E-state index is 11.4. The third-order valence-electron chi connectivity index (χ3n) is 3.06. The van der Waals surface area contributed by atoms with Gasteiger partial charge in [0, 0.05) is 19.1 Å². The highest BCUT2D eigenvalue weighted by molar-refractivity contribution is 5.81. The predicted molar refractivity (Wildman–Crippen MR) is 59.4 cm³/mol. The van der Waals surface area contributed by atoms with E-state index in [0.29, 0.717) is 25.0 Å². The van der Waals surface area contributed by atoms with Gasteiger partial charge in [-0.25, -0.2) is 0 Å². The van der Waals surface area contributed by atoms with E-state index in [-0.39, 0.29) is 11.9 Å². The Bertz CT molecular complexity index is 209. The third-order valence-corrected chi connectivity index (χ3v) is 3.06. The van der Waals surface area contributed by atoms with Gasteiger partial charge in [-0.05, 0) is 19.3 Å². The van der Waals surface area contributed by atoms with Crippen molar-refractivity contribution < 1.29 is 9.53 Å². The summed E-state index contributed by atoms with van der Waals surface area (Å²) in [5.74, 6) is 0.419. The van der Waals surface area contributed by atoms with Crippen LogP contribution < -0.4 is 11.1 Å². The SMILES string of the molecule is CCC1OCCC1CNC(=O)[C@@H](N)CC. The molecule has 1 fully saturated rings. The van der Waals surface area contributed by atoms with Crippen LogP contribution in [0.5, 0.6) is 0 Å². The first-order valence-corrected chi connectivity index (χ1v) is 5.83. The summed E-state index contributed by atoms with van der Waals surface area (Å²) in [7, 11) is 0. The zero-order valence-electron chi connectivity index (χ0n) is 9.66. The van der Waals surface area contributed by atoms with Crippen LogP contribution in [0.4, 0.5) is 0 Å². The summed E-state index contributed by atoms with van der Waals surface area (Å²) in [6.45, 7) is 5.55. The molecule has 1 saturated heterocycles. The lowest BCUT2D eigenvalue weighted by Gasteiger charge is -2.18. The van der Waals surface area contributed by atoms with E-state index in [1.807, 2.05) is 6.92 Å². The Morgan fingerprint density at radius 1 is 1.60 bits per heavy atom. The third kappa shape index (κ3) is 3.47. The van der Waals surface area contributed by atoms with Gasteiger partial charge in [0.05, 0.1) is 12.1 Å². The number of hydrogen-bond acceptors (Lipinski definition) is 3. The lowest BCUT2D eigenvalue weighted by atomic mass is 9.99. The van der Waals surface area contributed by atoms with Gasteiger partial charge < -0.3 is 15.8 Å². The molecule has 0 aromatic carbocycles. The number of amides is 1. The molecule has 15 heavy (non-hydrogen) atoms. The van der Waals surface area contributed by atoms with Gasteiger partial charge in [-0.3, -0.25) is 4.79 Å². The molecule has 1 amide bonds. The van der Waals surface area contributed by atoms with Crippen molar-refractivity contribution in [2.24, 2.45) is 11.7 Å². The van der Waals surface area contributed by atoms with Crippen molar-refractivity contribution in [3.05, 3.63) is 0 Å². The summed E-state index contributed by atoms with van der Waals surface area (Å²) in [6, 6.07) is -0.368. The zero-order chi connectivity index (χ0) is 11.3. The molecular formula is C11H22N2O2. The number of nitrogens with two attached hydrogens (primary N) is 1. The summed E-state index contributed by atoms with van der Waals surface area (Å²) in [5, 5.41) is 2.90. The minimum absolute atomic E-state index is 0.0424. The van der Waals surface area contributed by atoms with E-state index in [1.165, 1.54) is 0 Å². The molecule has 0 aromatic heterocycles. The monoisotopic (exact) mass is 214 g/mol. The van der Waals surface area contributed by atoms with Crippen LogP contribution in [0.3, 0.4) is 0 Å². The normalized spacial score (nSPS) is 27.7. The first-order valence-electron chi connectivity index (χ1n) is 5.83. The second-order valence-corrected chi connectivity index (χ2v) is 4.13. The van der Waals surface area contributed by atoms with E-state index in [9.17, 15) is 4.79 Å². The molecule has 1 rings (SSSR count). The number of rotatable bonds is 5. The molecule has 3 atom stereocenters. The zero-order valence-corrected chi connectivity index (χ0v) is 9.66. The Balaban J connectivity index is 2.27. The highest BCUT2D eigenvalue weighted by Crippen LogP contribution is 2.22. The molecule has 0 radical (unpaired) electrons. The maximum Gasteiger partial charge on any atom is 0.236 e. The van der Waals surface area contributed by atoms with E-state index in [0.717, 1.165) is 19.4 Å². The molecule has 1 heterocycles. The predicted octanol–water partition coefficient (Wildman–Crippen LogP) is 0.655. The molecule has 4 heteroatoms. The van der Waals surface area contributed by atoms with Crippen molar-refractivity contribution in [2.75, 3.05) is 13.2 Å². The van der Waals surface area contributed by atoms with Crippen LogP contribution in [0.15, 0.2) is 0 Å². The fourth-order valence-electron chi connectivity index (χ4n) is 1.93. The molecule has 0 spiro atoms. The summed E-state index contributed by atoms with van der Waals surface area (Å²) >= 11 is 0. The number of nitrogens with one attached hydrogen (secondary N) is 1. The fourth-order valence-corrected chi connectivity index (χ4v) is 1.93. The molecule has 0 saturated carbocycles. The van der Waals surface area contributed by atoms with Crippen molar-refractivity contribution in [1.29, 1.82) is 0 Å². The van der Waals surface area contributed by atoms with Crippen LogP contribution >= 0.6 is 0 Å². The van der Waals surface area contributed by atoms with E-state index >= 15 is 0 Å². The topological polar surface area (TPSA) is 64.3 Å². The van der Waals surface area contributed by atoms with Gasteiger partial charge >= 0.3 is 0 Å². The van der Waals surface area contributed by atoms with Gasteiger partial charge in [0.25, 0.3) is 0 Å². The van der Waals surface area contributed by atoms with Gasteiger partial charge in [-0.1, -0.05) is 13.8 Å². The second kappa shape index (κ2) is 6.08. The molecule has 1 aliphatic heterocycles. The molecule has 2 unspecified atom stereocenters. The van der Waals surface area contributed by atoms with Gasteiger partial charge in [0.15, 0.2) is 0 Å². The minimum atomic E-state index is -0.368. The maximum atomic E-state index is 11.4. The van der Waals surface area contributed by atoms with Crippen LogP contribution in [0.25, 0.3) is 0 Å². The molecule has 4 nitrogen and oxygen atoms in total. The van der Waals surface area contributed by atoms with E-state index < -0.39 is 0 Å². The van der Waals surface area contributed by atoms with Crippen LogP contribution in [-0.4, -0.2) is 31.2 Å². The Labute approximate surface area is 91.5 Å². The van der Waals surface area contributed by atoms with Crippen molar-refractivity contribution in [3.63, 3.8) is 0 Å². The number of hydrogen-bond donors (Lipinski definition) is 2. The molecule has 0 aliphatic carbocycles. The Morgan fingerprint density at radius 2 is 2.33 bits per heavy atom. The van der Waals surface area contributed by atoms with Gasteiger partial charge in [-0.15, -0.1) is 0 Å². The molecule has 0 aromatic rings. The Kier molecular flexibility index (Phi) is 5.05. The fraction of sp³-hybridized carbons (Fsp3) is 0.909. The van der Waals surface area contributed by atoms with Crippen molar-refractivity contribution in [2.45, 2.75) is 45.3 Å². The van der Waals surface area contributed by atoms with Crippen molar-refractivity contribution >= 4 is 5.91 Å². The molecule has 0 bridgehead atoms. The van der Waals surface area contributed by atoms with Gasteiger partial charge in [-0.2, -0.15) is 0 Å². The lowest BCUT2D eigenvalue weighted by molar-refractivity contribution is -0.122. The van der Waals surface area contributed by atoms with Crippen LogP contribution in [0, 0.1) is 5.92 Å². The second-order valence-electron chi connectivity index (χ2n) is 4.13. The largest absolute Gasteiger partial charge is 0.378 e. The summed E-state index contributed by atoms with van der Waals surface area (Å²) in [6.07, 6.45) is 3.05. The quantitative estimate of drug-likeness (QED) is 0.706. The summed E-state index contributed by atoms with van der Waals surface area (Å²) in [5.41, 5.74) is 5.63. The highest BCUT2D eigenvalue weighted by Gasteiger charge is 2.27. The Morgan fingerprint density at radius 3 is 2.93 bits per heavy atom. The molecule has 3 N–H and O–H groups in total. The van der Waals surface area contributed by atoms with Crippen LogP contribution in [-0.2, 0) is 9.53 Å². The average molecular weight is 214 g/mol. The molecule has 1 aliphatic rings. The minimum Gasteiger partial charge on any atom is -0.378 e. The van der Waals surface area contributed by atoms with E-state index in [2.05, 4.69) is 12.2 Å². The Hall–Kier alpha value is -0.610. The standard InChI is InChI=1S/C11H22N2O2/c1-3-9(12)11(14)13-7-8-5-6-15-10(8)4-2/h8-10H,3-7,12H2,1-2H3,(H,13,14)/t8?,9-,10?/m0/s1. The molecule has 88 valence electrons. The number of ether oxygens (including phenoxy) is 1. The first kappa shape index (κ1) is 12.5. The smallest absolute Gasteiger partial charge is 0.236 e. The lowest BCUT2D eigenvalue weighted by Crippen LogP contribution is -2.42. The first-order chi connectivity index (χ1) is 7.19. The molecular weight excluding hydrogens is 192 g/mol. The number of carbonyl (C=O) groups excluding carboxylic acids is 1. The van der Waals surface area contributed by atoms with Gasteiger partial charge in [0.2, 0.25) is 5.91 Å². The average Bonchev–Trinajstić information content (AvgIpc) is 2.71. The van der Waals surface area contributed by atoms with Crippen LogP contribution in [0.2, 0.25) is 0 Å². The summed E-state index contributed by atoms with van der Waals surface area (Å²) < 4.78 is 5.55. The van der Waals surface area contributed by atoms with E-state index in [4.69, 9.17) is 10.5 Å².